The number of thioether (sulfide) groups is 1. The molecule has 0 spiro atoms. The second-order valence-corrected chi connectivity index (χ2v) is 4.00. The Kier molecular flexibility index (Phi) is 5.14. The Balaban J connectivity index is 2.37. The second kappa shape index (κ2) is 6.42. The van der Waals surface area contributed by atoms with Crippen molar-refractivity contribution in [3.8, 4) is 0 Å². The summed E-state index contributed by atoms with van der Waals surface area (Å²) < 4.78 is 12.8. The van der Waals surface area contributed by atoms with Crippen LogP contribution in [-0.2, 0) is 4.79 Å². The van der Waals surface area contributed by atoms with Crippen molar-refractivity contribution in [1.29, 1.82) is 0 Å². The van der Waals surface area contributed by atoms with Gasteiger partial charge in [-0.3, -0.25) is 4.79 Å². The summed E-state index contributed by atoms with van der Waals surface area (Å²) in [5.41, 5.74) is 5.76. The van der Waals surface area contributed by atoms with E-state index in [9.17, 15) is 9.18 Å². The lowest BCUT2D eigenvalue weighted by atomic mass is 10.3. The Morgan fingerprint density at radius 2 is 2.33 bits per heavy atom. The smallest absolute Gasteiger partial charge is 0.234 e. The average molecular weight is 228 g/mol. The molecule has 0 saturated heterocycles. The van der Waals surface area contributed by atoms with Gasteiger partial charge in [0.05, 0.1) is 5.75 Å². The highest BCUT2D eigenvalue weighted by Crippen LogP contribution is 2.09. The number of benzene rings is 1. The molecular weight excluding hydrogens is 215 g/mol. The van der Waals surface area contributed by atoms with Gasteiger partial charge in [-0.2, -0.15) is 11.8 Å². The fraction of sp³-hybridized carbons (Fsp3) is 0.300. The van der Waals surface area contributed by atoms with E-state index in [2.05, 4.69) is 5.32 Å². The lowest BCUT2D eigenvalue weighted by Crippen LogP contribution is -2.15. The van der Waals surface area contributed by atoms with Crippen LogP contribution >= 0.6 is 11.8 Å². The molecule has 0 radical (unpaired) electrons. The van der Waals surface area contributed by atoms with E-state index < -0.39 is 0 Å². The zero-order valence-electron chi connectivity index (χ0n) is 8.20. The van der Waals surface area contributed by atoms with Gasteiger partial charge < -0.3 is 11.1 Å². The molecule has 1 aromatic rings. The zero-order chi connectivity index (χ0) is 11.1. The van der Waals surface area contributed by atoms with Crippen molar-refractivity contribution in [2.75, 3.05) is 23.4 Å². The summed E-state index contributed by atoms with van der Waals surface area (Å²) in [6, 6.07) is 5.82. The van der Waals surface area contributed by atoms with Crippen molar-refractivity contribution in [2.45, 2.75) is 0 Å². The van der Waals surface area contributed by atoms with Crippen LogP contribution in [0.3, 0.4) is 0 Å². The summed E-state index contributed by atoms with van der Waals surface area (Å²) in [5, 5.41) is 2.60. The van der Waals surface area contributed by atoms with Crippen molar-refractivity contribution in [1.82, 2.24) is 0 Å². The molecule has 82 valence electrons. The monoisotopic (exact) mass is 228 g/mol. The minimum Gasteiger partial charge on any atom is -0.330 e. The first-order chi connectivity index (χ1) is 7.22. The normalized spacial score (nSPS) is 10.0. The summed E-state index contributed by atoms with van der Waals surface area (Å²) in [7, 11) is 0. The number of carbonyl (C=O) groups is 1. The quantitative estimate of drug-likeness (QED) is 0.750. The molecule has 1 aromatic carbocycles. The van der Waals surface area contributed by atoms with Gasteiger partial charge >= 0.3 is 0 Å². The molecule has 0 fully saturated rings. The second-order valence-electron chi connectivity index (χ2n) is 2.90. The van der Waals surface area contributed by atoms with Crippen LogP contribution in [0, 0.1) is 5.82 Å². The van der Waals surface area contributed by atoms with Crippen molar-refractivity contribution in [3.05, 3.63) is 30.1 Å². The third-order valence-corrected chi connectivity index (χ3v) is 2.59. The van der Waals surface area contributed by atoms with E-state index in [1.807, 2.05) is 0 Å². The number of hydrogen-bond acceptors (Lipinski definition) is 3. The average Bonchev–Trinajstić information content (AvgIpc) is 2.18. The van der Waals surface area contributed by atoms with Crippen molar-refractivity contribution >= 4 is 23.4 Å². The largest absolute Gasteiger partial charge is 0.330 e. The summed E-state index contributed by atoms with van der Waals surface area (Å²) in [4.78, 5) is 11.3. The molecule has 0 aromatic heterocycles. The van der Waals surface area contributed by atoms with E-state index >= 15 is 0 Å². The maximum atomic E-state index is 12.8. The lowest BCUT2D eigenvalue weighted by molar-refractivity contribution is -0.113. The maximum Gasteiger partial charge on any atom is 0.234 e. The van der Waals surface area contributed by atoms with E-state index in [4.69, 9.17) is 5.73 Å². The number of amides is 1. The topological polar surface area (TPSA) is 55.1 Å². The van der Waals surface area contributed by atoms with Gasteiger partial charge in [0.1, 0.15) is 5.82 Å². The van der Waals surface area contributed by atoms with Gasteiger partial charge in [-0.25, -0.2) is 4.39 Å². The molecular formula is C10H13FN2OS. The molecule has 0 bridgehead atoms. The number of hydrogen-bond donors (Lipinski definition) is 2. The number of anilines is 1. The van der Waals surface area contributed by atoms with E-state index in [1.165, 1.54) is 23.9 Å². The van der Waals surface area contributed by atoms with Gasteiger partial charge in [0.2, 0.25) is 5.91 Å². The lowest BCUT2D eigenvalue weighted by Gasteiger charge is -2.04. The first-order valence-corrected chi connectivity index (χ1v) is 5.71. The highest BCUT2D eigenvalue weighted by Gasteiger charge is 2.02. The molecule has 1 amide bonds. The van der Waals surface area contributed by atoms with Crippen LogP contribution in [-0.4, -0.2) is 24.0 Å². The predicted octanol–water partition coefficient (Wildman–Crippen LogP) is 1.46. The molecule has 15 heavy (non-hydrogen) atoms. The minimum absolute atomic E-state index is 0.140. The van der Waals surface area contributed by atoms with Gasteiger partial charge in [-0.05, 0) is 18.2 Å². The third-order valence-electron chi connectivity index (χ3n) is 1.60. The first kappa shape index (κ1) is 12.0. The molecule has 0 unspecified atom stereocenters. The van der Waals surface area contributed by atoms with Gasteiger partial charge in [0.25, 0.3) is 0 Å². The van der Waals surface area contributed by atoms with Crippen LogP contribution in [0.4, 0.5) is 10.1 Å². The molecule has 0 aliphatic carbocycles. The fourth-order valence-electron chi connectivity index (χ4n) is 1.01. The van der Waals surface area contributed by atoms with Crippen molar-refractivity contribution < 1.29 is 9.18 Å². The zero-order valence-corrected chi connectivity index (χ0v) is 9.02. The molecule has 0 aliphatic heterocycles. The molecule has 3 nitrogen and oxygen atoms in total. The Labute approximate surface area is 92.2 Å². The Morgan fingerprint density at radius 3 is 3.00 bits per heavy atom. The summed E-state index contributed by atoms with van der Waals surface area (Å²) >= 11 is 1.45. The maximum absolute atomic E-state index is 12.8. The van der Waals surface area contributed by atoms with E-state index in [-0.39, 0.29) is 11.7 Å². The Bertz CT molecular complexity index is 333. The van der Waals surface area contributed by atoms with E-state index in [0.29, 0.717) is 18.0 Å². The predicted molar refractivity (Wildman–Crippen MR) is 61.4 cm³/mol. The number of nitrogens with one attached hydrogen (secondary N) is 1. The highest BCUT2D eigenvalue weighted by atomic mass is 32.2. The Hall–Kier alpha value is -1.07. The van der Waals surface area contributed by atoms with E-state index in [0.717, 1.165) is 5.75 Å². The molecule has 3 N–H and O–H groups in total. The standard InChI is InChI=1S/C10H13FN2OS/c11-8-2-1-3-9(6-8)13-10(14)7-15-5-4-12/h1-3,6H,4-5,7,12H2,(H,13,14). The van der Waals surface area contributed by atoms with Crippen LogP contribution < -0.4 is 11.1 Å². The minimum atomic E-state index is -0.359. The SMILES string of the molecule is NCCSCC(=O)Nc1cccc(F)c1. The molecule has 5 heteroatoms. The number of halogens is 1. The molecule has 1 rings (SSSR count). The summed E-state index contributed by atoms with van der Waals surface area (Å²) in [5.74, 6) is 0.589. The number of rotatable bonds is 5. The summed E-state index contributed by atoms with van der Waals surface area (Å²) in [6.07, 6.45) is 0. The van der Waals surface area contributed by atoms with Crippen LogP contribution in [0.25, 0.3) is 0 Å². The first-order valence-electron chi connectivity index (χ1n) is 4.55. The molecule has 0 atom stereocenters. The van der Waals surface area contributed by atoms with Crippen molar-refractivity contribution in [3.63, 3.8) is 0 Å². The fourth-order valence-corrected chi connectivity index (χ4v) is 1.58. The van der Waals surface area contributed by atoms with Crippen LogP contribution in [0.5, 0.6) is 0 Å². The van der Waals surface area contributed by atoms with Gasteiger partial charge in [-0.1, -0.05) is 6.07 Å². The van der Waals surface area contributed by atoms with Crippen LogP contribution in [0.15, 0.2) is 24.3 Å². The number of nitrogens with two attached hydrogens (primary N) is 1. The van der Waals surface area contributed by atoms with Gasteiger partial charge in [0.15, 0.2) is 0 Å². The Morgan fingerprint density at radius 1 is 1.53 bits per heavy atom. The van der Waals surface area contributed by atoms with Gasteiger partial charge in [0, 0.05) is 18.0 Å². The molecule has 0 saturated carbocycles. The number of carbonyl (C=O) groups excluding carboxylic acids is 1. The highest BCUT2D eigenvalue weighted by molar-refractivity contribution is 7.99. The van der Waals surface area contributed by atoms with Crippen LogP contribution in [0.1, 0.15) is 0 Å². The van der Waals surface area contributed by atoms with E-state index in [1.54, 1.807) is 12.1 Å². The molecule has 0 heterocycles. The van der Waals surface area contributed by atoms with Gasteiger partial charge in [-0.15, -0.1) is 0 Å². The van der Waals surface area contributed by atoms with Crippen molar-refractivity contribution in [2.24, 2.45) is 5.73 Å². The molecule has 0 aliphatic rings. The summed E-state index contributed by atoms with van der Waals surface area (Å²) in [6.45, 7) is 0.553. The third kappa shape index (κ3) is 4.80. The van der Waals surface area contributed by atoms with Crippen LogP contribution in [0.2, 0.25) is 0 Å².